The minimum atomic E-state index is 0.639. The van der Waals surface area contributed by atoms with E-state index < -0.39 is 0 Å². The van der Waals surface area contributed by atoms with Crippen LogP contribution >= 0.6 is 0 Å². The van der Waals surface area contributed by atoms with Crippen LogP contribution in [-0.2, 0) is 0 Å². The highest BCUT2D eigenvalue weighted by molar-refractivity contribution is 4.82. The summed E-state index contributed by atoms with van der Waals surface area (Å²) in [4.78, 5) is 5.07. The molecule has 0 aromatic carbocycles. The van der Waals surface area contributed by atoms with E-state index >= 15 is 0 Å². The highest BCUT2D eigenvalue weighted by atomic mass is 15.2. The first-order valence-electron chi connectivity index (χ1n) is 7.68. The van der Waals surface area contributed by atoms with Crippen molar-refractivity contribution < 1.29 is 0 Å². The molecule has 0 amide bonds. The van der Waals surface area contributed by atoms with Gasteiger partial charge in [-0.25, -0.2) is 0 Å². The van der Waals surface area contributed by atoms with Crippen molar-refractivity contribution in [1.82, 2.24) is 15.1 Å². The Labute approximate surface area is 114 Å². The number of likely N-dealkylation sites (N-methyl/N-ethyl adjacent to an activating group) is 1. The lowest BCUT2D eigenvalue weighted by atomic mass is 10.0. The van der Waals surface area contributed by atoms with Crippen LogP contribution in [0.25, 0.3) is 0 Å². The van der Waals surface area contributed by atoms with Gasteiger partial charge in [0.1, 0.15) is 0 Å². The zero-order chi connectivity index (χ0) is 13.5. The van der Waals surface area contributed by atoms with Crippen molar-refractivity contribution in [2.45, 2.75) is 64.6 Å². The molecule has 18 heavy (non-hydrogen) atoms. The molecule has 3 nitrogen and oxygen atoms in total. The maximum absolute atomic E-state index is 3.60. The van der Waals surface area contributed by atoms with Crippen LogP contribution in [0.4, 0.5) is 0 Å². The molecule has 1 aliphatic rings. The second-order valence-electron chi connectivity index (χ2n) is 6.19. The summed E-state index contributed by atoms with van der Waals surface area (Å²) in [7, 11) is 4.43. The van der Waals surface area contributed by atoms with Crippen LogP contribution < -0.4 is 5.32 Å². The summed E-state index contributed by atoms with van der Waals surface area (Å²) >= 11 is 0. The first kappa shape index (κ1) is 15.9. The molecule has 108 valence electrons. The fourth-order valence-corrected chi connectivity index (χ4v) is 2.94. The summed E-state index contributed by atoms with van der Waals surface area (Å²) in [5.74, 6) is 0. The smallest absolute Gasteiger partial charge is 0.0217 e. The molecule has 1 N–H and O–H groups in total. The minimum absolute atomic E-state index is 0.639. The third-order valence-electron chi connectivity index (χ3n) is 4.22. The van der Waals surface area contributed by atoms with Crippen LogP contribution in [0.15, 0.2) is 0 Å². The molecule has 3 atom stereocenters. The molecule has 0 aromatic heterocycles. The maximum atomic E-state index is 3.60. The van der Waals surface area contributed by atoms with Crippen molar-refractivity contribution in [3.63, 3.8) is 0 Å². The first-order valence-corrected chi connectivity index (χ1v) is 7.68. The Bertz CT molecular complexity index is 218. The number of nitrogens with zero attached hydrogens (tertiary/aromatic N) is 2. The standard InChI is InChI=1S/C15H33N3/c1-6-9-16-13(2)11-14(3)18-10-7-8-15(12-18)17(4)5/h13-16H,6-12H2,1-5H3. The maximum Gasteiger partial charge on any atom is 0.0217 e. The Morgan fingerprint density at radius 2 is 2.06 bits per heavy atom. The molecular weight excluding hydrogens is 222 g/mol. The average Bonchev–Trinajstić information content (AvgIpc) is 2.36. The Morgan fingerprint density at radius 3 is 2.67 bits per heavy atom. The van der Waals surface area contributed by atoms with Crippen molar-refractivity contribution in [3.05, 3.63) is 0 Å². The molecule has 1 saturated heterocycles. The quantitative estimate of drug-likeness (QED) is 0.752. The lowest BCUT2D eigenvalue weighted by Crippen LogP contribution is -2.49. The van der Waals surface area contributed by atoms with E-state index in [1.807, 2.05) is 0 Å². The van der Waals surface area contributed by atoms with Crippen molar-refractivity contribution in [2.24, 2.45) is 0 Å². The van der Waals surface area contributed by atoms with Crippen LogP contribution in [0.3, 0.4) is 0 Å². The third kappa shape index (κ3) is 5.25. The second kappa shape index (κ2) is 8.13. The van der Waals surface area contributed by atoms with E-state index in [4.69, 9.17) is 0 Å². The van der Waals surface area contributed by atoms with E-state index in [-0.39, 0.29) is 0 Å². The van der Waals surface area contributed by atoms with Gasteiger partial charge in [-0.1, -0.05) is 6.92 Å². The van der Waals surface area contributed by atoms with Crippen LogP contribution in [0.5, 0.6) is 0 Å². The molecule has 0 aliphatic carbocycles. The van der Waals surface area contributed by atoms with Crippen LogP contribution in [0, 0.1) is 0 Å². The Balaban J connectivity index is 2.34. The molecule has 1 aliphatic heterocycles. The molecule has 0 bridgehead atoms. The molecule has 1 heterocycles. The van der Waals surface area contributed by atoms with Gasteiger partial charge in [0.2, 0.25) is 0 Å². The summed E-state index contributed by atoms with van der Waals surface area (Å²) in [5.41, 5.74) is 0. The summed E-state index contributed by atoms with van der Waals surface area (Å²) in [6, 6.07) is 2.09. The molecule has 1 rings (SSSR count). The molecular formula is C15H33N3. The molecule has 0 saturated carbocycles. The molecule has 3 heteroatoms. The summed E-state index contributed by atoms with van der Waals surface area (Å²) in [5, 5.41) is 3.60. The lowest BCUT2D eigenvalue weighted by molar-refractivity contribution is 0.0949. The highest BCUT2D eigenvalue weighted by Gasteiger charge is 2.25. The van der Waals surface area contributed by atoms with E-state index in [1.54, 1.807) is 0 Å². The van der Waals surface area contributed by atoms with Crippen molar-refractivity contribution in [2.75, 3.05) is 33.7 Å². The van der Waals surface area contributed by atoms with Crippen molar-refractivity contribution >= 4 is 0 Å². The largest absolute Gasteiger partial charge is 0.314 e. The molecule has 1 fully saturated rings. The van der Waals surface area contributed by atoms with E-state index in [2.05, 4.69) is 50.0 Å². The summed E-state index contributed by atoms with van der Waals surface area (Å²) in [6.45, 7) is 10.6. The average molecular weight is 255 g/mol. The van der Waals surface area contributed by atoms with Gasteiger partial charge in [0, 0.05) is 24.7 Å². The summed E-state index contributed by atoms with van der Waals surface area (Å²) in [6.07, 6.45) is 5.20. The number of hydrogen-bond donors (Lipinski definition) is 1. The first-order chi connectivity index (χ1) is 8.54. The predicted octanol–water partition coefficient (Wildman–Crippen LogP) is 2.18. The topological polar surface area (TPSA) is 18.5 Å². The van der Waals surface area contributed by atoms with Gasteiger partial charge in [0.15, 0.2) is 0 Å². The van der Waals surface area contributed by atoms with Gasteiger partial charge < -0.3 is 10.2 Å². The van der Waals surface area contributed by atoms with Gasteiger partial charge in [0.25, 0.3) is 0 Å². The highest BCUT2D eigenvalue weighted by Crippen LogP contribution is 2.18. The molecule has 0 spiro atoms. The van der Waals surface area contributed by atoms with Crippen molar-refractivity contribution in [3.8, 4) is 0 Å². The Hall–Kier alpha value is -0.120. The van der Waals surface area contributed by atoms with Gasteiger partial charge in [-0.2, -0.15) is 0 Å². The summed E-state index contributed by atoms with van der Waals surface area (Å²) < 4.78 is 0. The molecule has 0 aromatic rings. The van der Waals surface area contributed by atoms with E-state index in [9.17, 15) is 0 Å². The monoisotopic (exact) mass is 255 g/mol. The van der Waals surface area contributed by atoms with E-state index in [0.29, 0.717) is 12.1 Å². The van der Waals surface area contributed by atoms with Crippen molar-refractivity contribution in [1.29, 1.82) is 0 Å². The van der Waals surface area contributed by atoms with Gasteiger partial charge in [-0.15, -0.1) is 0 Å². The fraction of sp³-hybridized carbons (Fsp3) is 1.00. The lowest BCUT2D eigenvalue weighted by Gasteiger charge is -2.40. The number of nitrogens with one attached hydrogen (secondary N) is 1. The predicted molar refractivity (Wildman–Crippen MR) is 80.1 cm³/mol. The minimum Gasteiger partial charge on any atom is -0.314 e. The number of piperidine rings is 1. The molecule has 0 radical (unpaired) electrons. The van der Waals surface area contributed by atoms with E-state index in [0.717, 1.165) is 12.6 Å². The van der Waals surface area contributed by atoms with Crippen LogP contribution in [0.1, 0.15) is 46.5 Å². The van der Waals surface area contributed by atoms with E-state index in [1.165, 1.54) is 38.8 Å². The number of hydrogen-bond acceptors (Lipinski definition) is 3. The zero-order valence-corrected chi connectivity index (χ0v) is 13.1. The van der Waals surface area contributed by atoms with Gasteiger partial charge in [0.05, 0.1) is 0 Å². The Kier molecular flexibility index (Phi) is 7.20. The SMILES string of the molecule is CCCNC(C)CC(C)N1CCCC(N(C)C)C1. The normalized spacial score (nSPS) is 25.3. The fourth-order valence-electron chi connectivity index (χ4n) is 2.94. The third-order valence-corrected chi connectivity index (χ3v) is 4.22. The zero-order valence-electron chi connectivity index (χ0n) is 13.1. The van der Waals surface area contributed by atoms with Gasteiger partial charge in [-0.3, -0.25) is 4.90 Å². The van der Waals surface area contributed by atoms with Gasteiger partial charge in [-0.05, 0) is 66.7 Å². The van der Waals surface area contributed by atoms with Gasteiger partial charge >= 0.3 is 0 Å². The second-order valence-corrected chi connectivity index (χ2v) is 6.19. The number of likely N-dealkylation sites (tertiary alicyclic amines) is 1. The number of rotatable bonds is 7. The van der Waals surface area contributed by atoms with Crippen LogP contribution in [-0.4, -0.2) is 61.7 Å². The Morgan fingerprint density at radius 1 is 1.33 bits per heavy atom. The molecule has 3 unspecified atom stereocenters. The van der Waals surface area contributed by atoms with Crippen LogP contribution in [0.2, 0.25) is 0 Å².